The van der Waals surface area contributed by atoms with Crippen molar-refractivity contribution in [3.8, 4) is 0 Å². The van der Waals surface area contributed by atoms with Gasteiger partial charge in [-0.3, -0.25) is 9.63 Å². The summed E-state index contributed by atoms with van der Waals surface area (Å²) in [4.78, 5) is 15.0. The summed E-state index contributed by atoms with van der Waals surface area (Å²) in [5.41, 5.74) is 2.64. The van der Waals surface area contributed by atoms with E-state index in [2.05, 4.69) is 5.43 Å². The quantitative estimate of drug-likeness (QED) is 0.442. The average molecular weight is 130 g/mol. The van der Waals surface area contributed by atoms with Crippen molar-refractivity contribution in [2.45, 2.75) is 18.7 Å². The molecular formula is C4H6N2O3. The van der Waals surface area contributed by atoms with E-state index in [1.54, 1.807) is 0 Å². The molecule has 3 unspecified atom stereocenters. The lowest BCUT2D eigenvalue weighted by molar-refractivity contribution is -0.141. The molecule has 3 atom stereocenters. The zero-order chi connectivity index (χ0) is 6.43. The van der Waals surface area contributed by atoms with Crippen LogP contribution in [0.2, 0.25) is 0 Å². The van der Waals surface area contributed by atoms with Gasteiger partial charge in [-0.15, -0.1) is 0 Å². The number of carboxylic acids is 1. The van der Waals surface area contributed by atoms with Gasteiger partial charge in [-0.25, -0.2) is 5.43 Å². The predicted molar refractivity (Wildman–Crippen MR) is 25.9 cm³/mol. The van der Waals surface area contributed by atoms with Gasteiger partial charge >= 0.3 is 5.97 Å². The van der Waals surface area contributed by atoms with Gasteiger partial charge < -0.3 is 5.11 Å². The summed E-state index contributed by atoms with van der Waals surface area (Å²) in [6.07, 6.45) is 0.570. The third-order valence-electron chi connectivity index (χ3n) is 1.47. The summed E-state index contributed by atoms with van der Waals surface area (Å²) < 4.78 is 0. The molecule has 0 aromatic heterocycles. The van der Waals surface area contributed by atoms with Crippen molar-refractivity contribution in [1.29, 1.82) is 0 Å². The number of fused-ring (bicyclic) bond motifs is 1. The molecule has 2 heterocycles. The van der Waals surface area contributed by atoms with E-state index in [0.29, 0.717) is 6.42 Å². The largest absolute Gasteiger partial charge is 0.480 e. The Morgan fingerprint density at radius 3 is 3.00 bits per heavy atom. The second kappa shape index (κ2) is 1.44. The van der Waals surface area contributed by atoms with Gasteiger partial charge in [0.25, 0.3) is 0 Å². The summed E-state index contributed by atoms with van der Waals surface area (Å²) in [7, 11) is 0. The van der Waals surface area contributed by atoms with Crippen LogP contribution in [-0.4, -0.2) is 28.5 Å². The average Bonchev–Trinajstić information content (AvgIpc) is 2.40. The van der Waals surface area contributed by atoms with E-state index in [1.165, 1.54) is 5.17 Å². The normalized spacial score (nSPS) is 46.4. The molecule has 0 radical (unpaired) electrons. The van der Waals surface area contributed by atoms with E-state index >= 15 is 0 Å². The molecule has 2 N–H and O–H groups in total. The first kappa shape index (κ1) is 5.16. The number of aliphatic carboxylic acids is 1. The summed E-state index contributed by atoms with van der Waals surface area (Å²) in [5.74, 6) is -0.814. The van der Waals surface area contributed by atoms with Crippen LogP contribution in [0.5, 0.6) is 0 Å². The van der Waals surface area contributed by atoms with E-state index in [-0.39, 0.29) is 6.23 Å². The van der Waals surface area contributed by atoms with Crippen molar-refractivity contribution in [1.82, 2.24) is 10.6 Å². The molecule has 2 rings (SSSR count). The fourth-order valence-electron chi connectivity index (χ4n) is 0.920. The van der Waals surface area contributed by atoms with Gasteiger partial charge in [-0.1, -0.05) is 5.17 Å². The highest BCUT2D eigenvalue weighted by molar-refractivity contribution is 5.73. The number of hydrogen-bond donors (Lipinski definition) is 2. The van der Waals surface area contributed by atoms with Gasteiger partial charge in [0.05, 0.1) is 0 Å². The van der Waals surface area contributed by atoms with Crippen LogP contribution >= 0.6 is 0 Å². The molecule has 2 saturated heterocycles. The van der Waals surface area contributed by atoms with E-state index in [1.807, 2.05) is 0 Å². The van der Waals surface area contributed by atoms with E-state index in [4.69, 9.17) is 9.94 Å². The first-order chi connectivity index (χ1) is 4.27. The molecule has 2 aliphatic rings. The van der Waals surface area contributed by atoms with Crippen LogP contribution in [0, 0.1) is 0 Å². The Morgan fingerprint density at radius 2 is 2.67 bits per heavy atom. The van der Waals surface area contributed by atoms with Crippen molar-refractivity contribution in [2.24, 2.45) is 0 Å². The summed E-state index contributed by atoms with van der Waals surface area (Å²) >= 11 is 0. The Hall–Kier alpha value is -0.650. The minimum absolute atomic E-state index is 0.0195. The fourth-order valence-corrected chi connectivity index (χ4v) is 0.920. The van der Waals surface area contributed by atoms with Crippen LogP contribution in [0.25, 0.3) is 0 Å². The van der Waals surface area contributed by atoms with Crippen LogP contribution in [0.15, 0.2) is 0 Å². The van der Waals surface area contributed by atoms with Crippen molar-refractivity contribution in [3.05, 3.63) is 0 Å². The molecule has 0 aromatic carbocycles. The molecule has 0 aliphatic carbocycles. The van der Waals surface area contributed by atoms with Crippen LogP contribution in [-0.2, 0) is 9.63 Å². The highest BCUT2D eigenvalue weighted by Crippen LogP contribution is 2.28. The zero-order valence-corrected chi connectivity index (χ0v) is 4.57. The third kappa shape index (κ3) is 0.699. The number of carboxylic acid groups (broad SMARTS) is 1. The van der Waals surface area contributed by atoms with Crippen molar-refractivity contribution < 1.29 is 14.7 Å². The number of rotatable bonds is 1. The zero-order valence-electron chi connectivity index (χ0n) is 4.57. The lowest BCUT2D eigenvalue weighted by atomic mass is 10.2. The molecule has 0 aromatic rings. The Morgan fingerprint density at radius 1 is 1.89 bits per heavy atom. The first-order valence-electron chi connectivity index (χ1n) is 2.72. The summed E-state index contributed by atoms with van der Waals surface area (Å²) in [5, 5.41) is 9.86. The van der Waals surface area contributed by atoms with Gasteiger partial charge in [0.1, 0.15) is 6.04 Å². The number of hydrazine groups is 1. The molecule has 0 bridgehead atoms. The molecule has 0 spiro atoms. The highest BCUT2D eigenvalue weighted by Gasteiger charge is 2.49. The number of hydrogen-bond acceptors (Lipinski definition) is 4. The summed E-state index contributed by atoms with van der Waals surface area (Å²) in [6, 6.07) is -0.441. The van der Waals surface area contributed by atoms with Crippen molar-refractivity contribution >= 4 is 5.97 Å². The van der Waals surface area contributed by atoms with Crippen LogP contribution in [0.4, 0.5) is 0 Å². The summed E-state index contributed by atoms with van der Waals surface area (Å²) in [6.45, 7) is 0. The first-order valence-corrected chi connectivity index (χ1v) is 2.72. The maximum atomic E-state index is 10.2. The van der Waals surface area contributed by atoms with Gasteiger partial charge in [0.15, 0.2) is 6.23 Å². The van der Waals surface area contributed by atoms with Crippen molar-refractivity contribution in [3.63, 3.8) is 0 Å². The molecule has 0 saturated carbocycles. The molecular weight excluding hydrogens is 124 g/mol. The van der Waals surface area contributed by atoms with E-state index in [9.17, 15) is 4.79 Å². The minimum atomic E-state index is -0.814. The second-order valence-electron chi connectivity index (χ2n) is 2.14. The Kier molecular flexibility index (Phi) is 0.825. The van der Waals surface area contributed by atoms with E-state index in [0.717, 1.165) is 0 Å². The molecule has 9 heavy (non-hydrogen) atoms. The van der Waals surface area contributed by atoms with Crippen LogP contribution in [0.1, 0.15) is 6.42 Å². The number of nitrogens with zero attached hydrogens (tertiary/aromatic N) is 1. The molecule has 5 nitrogen and oxygen atoms in total. The fraction of sp³-hybridized carbons (Fsp3) is 0.750. The maximum absolute atomic E-state index is 10.2. The number of nitrogens with one attached hydrogen (secondary N) is 1. The molecule has 2 aliphatic heterocycles. The van der Waals surface area contributed by atoms with Crippen LogP contribution < -0.4 is 5.43 Å². The third-order valence-corrected chi connectivity index (χ3v) is 1.47. The Labute approximate surface area is 51.1 Å². The number of hydroxylamine groups is 1. The van der Waals surface area contributed by atoms with Gasteiger partial charge in [0, 0.05) is 6.42 Å². The smallest absolute Gasteiger partial charge is 0.322 e. The lowest BCUT2D eigenvalue weighted by Gasteiger charge is -2.03. The maximum Gasteiger partial charge on any atom is 0.322 e. The Balaban J connectivity index is 1.97. The molecule has 5 heteroatoms. The molecule has 0 amide bonds. The Bertz CT molecular complexity index is 150. The van der Waals surface area contributed by atoms with E-state index < -0.39 is 12.0 Å². The monoisotopic (exact) mass is 130 g/mol. The van der Waals surface area contributed by atoms with Gasteiger partial charge in [0.2, 0.25) is 0 Å². The van der Waals surface area contributed by atoms with Crippen molar-refractivity contribution in [2.75, 3.05) is 0 Å². The molecule has 50 valence electrons. The lowest BCUT2D eigenvalue weighted by Crippen LogP contribution is -2.34. The topological polar surface area (TPSA) is 64.9 Å². The number of carbonyl (C=O) groups is 1. The standard InChI is InChI=1S/C4H6N2O3/c7-4(8)2-1-3-6(5-2)9-3/h2-3,5H,1H2,(H,7,8). The van der Waals surface area contributed by atoms with Crippen LogP contribution in [0.3, 0.4) is 0 Å². The second-order valence-corrected chi connectivity index (χ2v) is 2.14. The minimum Gasteiger partial charge on any atom is -0.480 e. The molecule has 2 fully saturated rings. The van der Waals surface area contributed by atoms with Gasteiger partial charge in [-0.2, -0.15) is 0 Å². The highest BCUT2D eigenvalue weighted by atomic mass is 16.9. The predicted octanol–water partition coefficient (Wildman–Crippen LogP) is -1.08. The SMILES string of the molecule is O=C(O)C1CC2ON2N1. The van der Waals surface area contributed by atoms with Gasteiger partial charge in [-0.05, 0) is 0 Å².